The van der Waals surface area contributed by atoms with Gasteiger partial charge < -0.3 is 9.84 Å². The van der Waals surface area contributed by atoms with Crippen molar-refractivity contribution in [2.45, 2.75) is 17.4 Å². The third-order valence-electron chi connectivity index (χ3n) is 2.05. The maximum atomic E-state index is 12.7. The van der Waals surface area contributed by atoms with Crippen molar-refractivity contribution in [2.75, 3.05) is 6.26 Å². The standard InChI is InChI=1S/C10H8F4O5S/c1-20(17,18)7-3-5(8(15)16)2-6(4-7)19-9(11)10(12,13)14/h2-4,9H,1H3,(H,15,16). The number of sulfone groups is 1. The number of rotatable bonds is 4. The smallest absolute Gasteiger partial charge is 0.457 e. The van der Waals surface area contributed by atoms with E-state index in [1.807, 2.05) is 0 Å². The van der Waals surface area contributed by atoms with Crippen LogP contribution in [0.25, 0.3) is 0 Å². The second-order valence-electron chi connectivity index (χ2n) is 3.75. The predicted octanol–water partition coefficient (Wildman–Crippen LogP) is 2.02. The highest BCUT2D eigenvalue weighted by Crippen LogP contribution is 2.28. The molecule has 10 heteroatoms. The second kappa shape index (κ2) is 5.27. The molecule has 1 atom stereocenters. The normalized spacial score (nSPS) is 13.8. The number of carboxylic acid groups (broad SMARTS) is 1. The average molecular weight is 316 g/mol. The van der Waals surface area contributed by atoms with E-state index in [1.54, 1.807) is 0 Å². The van der Waals surface area contributed by atoms with Crippen molar-refractivity contribution in [1.82, 2.24) is 0 Å². The molecule has 1 aromatic rings. The molecular weight excluding hydrogens is 308 g/mol. The topological polar surface area (TPSA) is 80.7 Å². The van der Waals surface area contributed by atoms with Gasteiger partial charge in [-0.2, -0.15) is 17.6 Å². The van der Waals surface area contributed by atoms with Gasteiger partial charge in [-0.1, -0.05) is 0 Å². The van der Waals surface area contributed by atoms with Gasteiger partial charge >= 0.3 is 18.5 Å². The molecule has 0 bridgehead atoms. The lowest BCUT2D eigenvalue weighted by molar-refractivity contribution is -0.236. The van der Waals surface area contributed by atoms with E-state index in [9.17, 15) is 30.8 Å². The van der Waals surface area contributed by atoms with Crippen LogP contribution in [0.4, 0.5) is 17.6 Å². The summed E-state index contributed by atoms with van der Waals surface area (Å²) in [6.07, 6.45) is -8.29. The third kappa shape index (κ3) is 4.08. The van der Waals surface area contributed by atoms with Crippen LogP contribution in [0.5, 0.6) is 5.75 Å². The van der Waals surface area contributed by atoms with E-state index in [0.29, 0.717) is 18.4 Å². The van der Waals surface area contributed by atoms with Gasteiger partial charge in [0.2, 0.25) is 0 Å². The summed E-state index contributed by atoms with van der Waals surface area (Å²) in [5, 5.41) is 8.73. The highest BCUT2D eigenvalue weighted by atomic mass is 32.2. The Labute approximate surface area is 110 Å². The van der Waals surface area contributed by atoms with Crippen molar-refractivity contribution in [2.24, 2.45) is 0 Å². The summed E-state index contributed by atoms with van der Waals surface area (Å²) in [6.45, 7) is 0. The Bertz CT molecular complexity index is 623. The summed E-state index contributed by atoms with van der Waals surface area (Å²) in [5.41, 5.74) is -0.641. The first kappa shape index (κ1) is 16.2. The summed E-state index contributed by atoms with van der Waals surface area (Å²) >= 11 is 0. The van der Waals surface area contributed by atoms with Crippen LogP contribution in [0.3, 0.4) is 0 Å². The largest absolute Gasteiger partial charge is 0.478 e. The van der Waals surface area contributed by atoms with Crippen LogP contribution in [-0.2, 0) is 9.84 Å². The van der Waals surface area contributed by atoms with Crippen LogP contribution < -0.4 is 4.74 Å². The number of aromatic carboxylic acids is 1. The zero-order valence-electron chi connectivity index (χ0n) is 9.81. The fourth-order valence-corrected chi connectivity index (χ4v) is 1.83. The minimum atomic E-state index is -5.31. The van der Waals surface area contributed by atoms with Gasteiger partial charge in [0.25, 0.3) is 0 Å². The molecule has 0 radical (unpaired) electrons. The lowest BCUT2D eigenvalue weighted by atomic mass is 10.2. The summed E-state index contributed by atoms with van der Waals surface area (Å²) in [6, 6.07) is 1.93. The molecule has 1 unspecified atom stereocenters. The van der Waals surface area contributed by atoms with Crippen molar-refractivity contribution in [3.05, 3.63) is 23.8 Å². The van der Waals surface area contributed by atoms with Gasteiger partial charge in [-0.25, -0.2) is 13.2 Å². The quantitative estimate of drug-likeness (QED) is 0.860. The molecule has 0 aliphatic heterocycles. The van der Waals surface area contributed by atoms with Crippen molar-refractivity contribution >= 4 is 15.8 Å². The molecule has 0 heterocycles. The minimum Gasteiger partial charge on any atom is -0.478 e. The molecule has 1 aromatic carbocycles. The predicted molar refractivity (Wildman–Crippen MR) is 58.1 cm³/mol. The molecule has 0 saturated carbocycles. The molecular formula is C10H8F4O5S. The highest BCUT2D eigenvalue weighted by molar-refractivity contribution is 7.90. The molecule has 1 rings (SSSR count). The number of ether oxygens (including phenoxy) is 1. The van der Waals surface area contributed by atoms with Gasteiger partial charge in [-0.05, 0) is 18.2 Å². The fraction of sp³-hybridized carbons (Fsp3) is 0.300. The van der Waals surface area contributed by atoms with Crippen LogP contribution >= 0.6 is 0 Å². The lowest BCUT2D eigenvalue weighted by Gasteiger charge is -2.15. The van der Waals surface area contributed by atoms with Gasteiger partial charge in [0.05, 0.1) is 10.5 Å². The Kier molecular flexibility index (Phi) is 4.27. The number of carbonyl (C=O) groups is 1. The zero-order valence-corrected chi connectivity index (χ0v) is 10.6. The number of hydrogen-bond acceptors (Lipinski definition) is 4. The number of hydrogen-bond donors (Lipinski definition) is 1. The minimum absolute atomic E-state index is 0.593. The Hall–Kier alpha value is -1.84. The number of halogens is 4. The molecule has 0 aromatic heterocycles. The van der Waals surface area contributed by atoms with Crippen LogP contribution in [0, 0.1) is 0 Å². The van der Waals surface area contributed by atoms with E-state index in [2.05, 4.69) is 4.74 Å². The molecule has 0 fully saturated rings. The Morgan fingerprint density at radius 3 is 2.25 bits per heavy atom. The first-order chi connectivity index (χ1) is 8.91. The molecule has 1 N–H and O–H groups in total. The molecule has 112 valence electrons. The van der Waals surface area contributed by atoms with E-state index >= 15 is 0 Å². The van der Waals surface area contributed by atoms with Crippen molar-refractivity contribution < 1.29 is 40.6 Å². The monoisotopic (exact) mass is 316 g/mol. The molecule has 0 saturated heterocycles. The molecule has 0 aliphatic carbocycles. The van der Waals surface area contributed by atoms with E-state index in [0.717, 1.165) is 6.07 Å². The maximum Gasteiger partial charge on any atom is 0.457 e. The molecule has 0 aliphatic rings. The van der Waals surface area contributed by atoms with Crippen LogP contribution in [-0.4, -0.2) is 38.3 Å². The lowest BCUT2D eigenvalue weighted by Crippen LogP contribution is -2.30. The zero-order chi connectivity index (χ0) is 15.7. The molecule has 0 amide bonds. The summed E-state index contributed by atoms with van der Waals surface area (Å²) in [5.74, 6) is -2.45. The third-order valence-corrected chi connectivity index (χ3v) is 3.14. The molecule has 20 heavy (non-hydrogen) atoms. The first-order valence-corrected chi connectivity index (χ1v) is 6.76. The van der Waals surface area contributed by atoms with Gasteiger partial charge in [0.15, 0.2) is 9.84 Å². The Morgan fingerprint density at radius 2 is 1.85 bits per heavy atom. The van der Waals surface area contributed by atoms with Crippen molar-refractivity contribution in [3.63, 3.8) is 0 Å². The number of benzene rings is 1. The van der Waals surface area contributed by atoms with E-state index in [4.69, 9.17) is 5.11 Å². The summed E-state index contributed by atoms with van der Waals surface area (Å²) < 4.78 is 75.1. The van der Waals surface area contributed by atoms with Crippen molar-refractivity contribution in [1.29, 1.82) is 0 Å². The molecule has 5 nitrogen and oxygen atoms in total. The van der Waals surface area contributed by atoms with Gasteiger partial charge in [-0.3, -0.25) is 0 Å². The van der Waals surface area contributed by atoms with Gasteiger partial charge in [0.1, 0.15) is 5.75 Å². The van der Waals surface area contributed by atoms with E-state index < -0.39 is 44.5 Å². The maximum absolute atomic E-state index is 12.7. The molecule has 0 spiro atoms. The van der Waals surface area contributed by atoms with Crippen LogP contribution in [0.15, 0.2) is 23.1 Å². The summed E-state index contributed by atoms with van der Waals surface area (Å²) in [7, 11) is -3.90. The second-order valence-corrected chi connectivity index (χ2v) is 5.76. The Morgan fingerprint density at radius 1 is 1.30 bits per heavy atom. The van der Waals surface area contributed by atoms with Gasteiger partial charge in [-0.15, -0.1) is 0 Å². The SMILES string of the molecule is CS(=O)(=O)c1cc(OC(F)C(F)(F)F)cc(C(=O)O)c1. The van der Waals surface area contributed by atoms with E-state index in [-0.39, 0.29) is 0 Å². The van der Waals surface area contributed by atoms with Crippen LogP contribution in [0.2, 0.25) is 0 Å². The van der Waals surface area contributed by atoms with Crippen molar-refractivity contribution in [3.8, 4) is 5.75 Å². The highest BCUT2D eigenvalue weighted by Gasteiger charge is 2.42. The number of carboxylic acids is 1. The van der Waals surface area contributed by atoms with E-state index in [1.165, 1.54) is 0 Å². The average Bonchev–Trinajstić information content (AvgIpc) is 2.25. The van der Waals surface area contributed by atoms with Gasteiger partial charge in [0, 0.05) is 6.26 Å². The van der Waals surface area contributed by atoms with Crippen LogP contribution in [0.1, 0.15) is 10.4 Å². The summed E-state index contributed by atoms with van der Waals surface area (Å²) in [4.78, 5) is 10.2. The Balaban J connectivity index is 3.27. The first-order valence-electron chi connectivity index (χ1n) is 4.87. The fourth-order valence-electron chi connectivity index (χ4n) is 1.16. The number of alkyl halides is 4.